The smallest absolute Gasteiger partial charge is 0.130 e. The van der Waals surface area contributed by atoms with Gasteiger partial charge in [0, 0.05) is 18.1 Å². The van der Waals surface area contributed by atoms with Crippen LogP contribution < -0.4 is 0 Å². The van der Waals surface area contributed by atoms with E-state index in [0.717, 1.165) is 43.6 Å². The van der Waals surface area contributed by atoms with E-state index in [0.29, 0.717) is 6.42 Å². The maximum Gasteiger partial charge on any atom is 0.130 e. The van der Waals surface area contributed by atoms with Gasteiger partial charge in [-0.3, -0.25) is 0 Å². The highest BCUT2D eigenvalue weighted by atomic mass is 35.5. The zero-order valence-electron chi connectivity index (χ0n) is 9.47. The van der Waals surface area contributed by atoms with E-state index < -0.39 is 0 Å². The third kappa shape index (κ3) is 11.6. The quantitative estimate of drug-likeness (QED) is 0.619. The predicted molar refractivity (Wildman–Crippen MR) is 64.0 cm³/mol. The Morgan fingerprint density at radius 3 is 2.47 bits per heavy atom. The Hall–Kier alpha value is -0.340. The summed E-state index contributed by atoms with van der Waals surface area (Å²) < 4.78 is 0. The van der Waals surface area contributed by atoms with E-state index >= 15 is 0 Å². The largest absolute Gasteiger partial charge is 0.396 e. The fourth-order valence-corrected chi connectivity index (χ4v) is 1.54. The number of hydrogen-bond donors (Lipinski definition) is 1. The highest BCUT2D eigenvalue weighted by molar-refractivity contribution is 6.29. The van der Waals surface area contributed by atoms with Crippen molar-refractivity contribution in [1.29, 1.82) is 0 Å². The molecule has 0 spiro atoms. The molecule has 3 heteroatoms. The molecule has 0 amide bonds. The molecule has 1 N–H and O–H groups in total. The first kappa shape index (κ1) is 14.7. The van der Waals surface area contributed by atoms with Crippen molar-refractivity contribution in [3.05, 3.63) is 11.1 Å². The molecule has 0 aromatic rings. The standard InChI is InChI=1S/C12H21ClO2/c1-11(15)7-6-9-12(13)8-4-2-3-5-10-14/h9,14H,2-8,10H2,1H3/b12-9+. The maximum atomic E-state index is 10.7. The van der Waals surface area contributed by atoms with Gasteiger partial charge in [-0.05, 0) is 32.6 Å². The Kier molecular flexibility index (Phi) is 9.96. The predicted octanol–water partition coefficient (Wildman–Crippen LogP) is 3.42. The van der Waals surface area contributed by atoms with Crippen molar-refractivity contribution in [2.75, 3.05) is 6.61 Å². The fourth-order valence-electron chi connectivity index (χ4n) is 1.29. The molecule has 0 heterocycles. The normalized spacial score (nSPS) is 11.8. The lowest BCUT2D eigenvalue weighted by Gasteiger charge is -1.99. The lowest BCUT2D eigenvalue weighted by atomic mass is 10.1. The number of carbonyl (C=O) groups is 1. The summed E-state index contributed by atoms with van der Waals surface area (Å²) in [5.41, 5.74) is 0. The molecule has 0 aromatic carbocycles. The Morgan fingerprint density at radius 2 is 1.87 bits per heavy atom. The van der Waals surface area contributed by atoms with Gasteiger partial charge in [0.15, 0.2) is 0 Å². The van der Waals surface area contributed by atoms with Gasteiger partial charge in [0.25, 0.3) is 0 Å². The number of ketones is 1. The number of hydrogen-bond acceptors (Lipinski definition) is 2. The highest BCUT2D eigenvalue weighted by Gasteiger charge is 1.95. The molecule has 88 valence electrons. The molecule has 0 aliphatic rings. The van der Waals surface area contributed by atoms with Crippen LogP contribution in [0.25, 0.3) is 0 Å². The van der Waals surface area contributed by atoms with Crippen LogP contribution in [0.4, 0.5) is 0 Å². The van der Waals surface area contributed by atoms with Crippen molar-refractivity contribution in [3.8, 4) is 0 Å². The average Bonchev–Trinajstić information content (AvgIpc) is 2.17. The minimum absolute atomic E-state index is 0.207. The minimum Gasteiger partial charge on any atom is -0.396 e. The van der Waals surface area contributed by atoms with E-state index in [4.69, 9.17) is 16.7 Å². The third-order valence-electron chi connectivity index (χ3n) is 2.19. The van der Waals surface area contributed by atoms with Crippen LogP contribution in [-0.4, -0.2) is 17.5 Å². The highest BCUT2D eigenvalue weighted by Crippen LogP contribution is 2.14. The van der Waals surface area contributed by atoms with Crippen molar-refractivity contribution < 1.29 is 9.90 Å². The van der Waals surface area contributed by atoms with Gasteiger partial charge < -0.3 is 9.90 Å². The molecule has 0 fully saturated rings. The molecule has 0 radical (unpaired) electrons. The van der Waals surface area contributed by atoms with Crippen molar-refractivity contribution >= 4 is 17.4 Å². The topological polar surface area (TPSA) is 37.3 Å². The lowest BCUT2D eigenvalue weighted by Crippen LogP contribution is -1.87. The Bertz CT molecular complexity index is 200. The number of rotatable bonds is 9. The van der Waals surface area contributed by atoms with E-state index in [1.807, 2.05) is 6.08 Å². The molecule has 0 unspecified atom stereocenters. The second-order valence-electron chi connectivity index (χ2n) is 3.78. The number of aliphatic hydroxyl groups is 1. The van der Waals surface area contributed by atoms with E-state index in [9.17, 15) is 4.79 Å². The molecule has 0 saturated heterocycles. The molecule has 0 rings (SSSR count). The molecule has 0 aliphatic heterocycles. The maximum absolute atomic E-state index is 10.7. The van der Waals surface area contributed by atoms with Crippen LogP contribution in [0.15, 0.2) is 11.1 Å². The molecule has 0 atom stereocenters. The molecule has 0 saturated carbocycles. The van der Waals surface area contributed by atoms with Gasteiger partial charge in [0.1, 0.15) is 5.78 Å². The van der Waals surface area contributed by atoms with Gasteiger partial charge in [-0.25, -0.2) is 0 Å². The van der Waals surface area contributed by atoms with Crippen molar-refractivity contribution in [2.24, 2.45) is 0 Å². The number of unbranched alkanes of at least 4 members (excludes halogenated alkanes) is 3. The molecule has 15 heavy (non-hydrogen) atoms. The average molecular weight is 233 g/mol. The second-order valence-corrected chi connectivity index (χ2v) is 4.26. The van der Waals surface area contributed by atoms with Crippen LogP contribution in [0.1, 0.15) is 51.9 Å². The molecular weight excluding hydrogens is 212 g/mol. The number of allylic oxidation sites excluding steroid dienone is 2. The Morgan fingerprint density at radius 1 is 1.20 bits per heavy atom. The number of aliphatic hydroxyl groups excluding tert-OH is 1. The zero-order valence-corrected chi connectivity index (χ0v) is 10.2. The second kappa shape index (κ2) is 10.2. The summed E-state index contributed by atoms with van der Waals surface area (Å²) in [5.74, 6) is 0.207. The number of halogens is 1. The minimum atomic E-state index is 0.207. The number of carbonyl (C=O) groups excluding carboxylic acids is 1. The van der Waals surface area contributed by atoms with Crippen LogP contribution in [-0.2, 0) is 4.79 Å². The first-order chi connectivity index (χ1) is 7.16. The summed E-state index contributed by atoms with van der Waals surface area (Å²) in [6.45, 7) is 1.87. The monoisotopic (exact) mass is 232 g/mol. The van der Waals surface area contributed by atoms with Crippen LogP contribution in [0.5, 0.6) is 0 Å². The van der Waals surface area contributed by atoms with Crippen LogP contribution in [0.3, 0.4) is 0 Å². The first-order valence-corrected chi connectivity index (χ1v) is 5.99. The van der Waals surface area contributed by atoms with Crippen molar-refractivity contribution in [2.45, 2.75) is 51.9 Å². The van der Waals surface area contributed by atoms with Crippen molar-refractivity contribution in [3.63, 3.8) is 0 Å². The third-order valence-corrected chi connectivity index (χ3v) is 2.53. The molecular formula is C12H21ClO2. The summed E-state index contributed by atoms with van der Waals surface area (Å²) >= 11 is 5.98. The van der Waals surface area contributed by atoms with Crippen LogP contribution in [0.2, 0.25) is 0 Å². The van der Waals surface area contributed by atoms with Crippen LogP contribution >= 0.6 is 11.6 Å². The van der Waals surface area contributed by atoms with Gasteiger partial charge in [-0.1, -0.05) is 30.5 Å². The van der Waals surface area contributed by atoms with Gasteiger partial charge in [-0.2, -0.15) is 0 Å². The van der Waals surface area contributed by atoms with E-state index in [1.165, 1.54) is 0 Å². The van der Waals surface area contributed by atoms with E-state index in [-0.39, 0.29) is 12.4 Å². The van der Waals surface area contributed by atoms with Gasteiger partial charge in [-0.15, -0.1) is 0 Å². The Labute approximate surface area is 97.3 Å². The fraction of sp³-hybridized carbons (Fsp3) is 0.750. The number of Topliss-reactive ketones (excluding diaryl/α,β-unsaturated/α-hetero) is 1. The molecule has 0 aromatic heterocycles. The summed E-state index contributed by atoms with van der Waals surface area (Å²) in [4.78, 5) is 10.7. The zero-order chi connectivity index (χ0) is 11.5. The first-order valence-electron chi connectivity index (χ1n) is 5.61. The van der Waals surface area contributed by atoms with E-state index in [2.05, 4.69) is 0 Å². The summed E-state index contributed by atoms with van der Waals surface area (Å²) in [6, 6.07) is 0. The van der Waals surface area contributed by atoms with E-state index in [1.54, 1.807) is 6.92 Å². The van der Waals surface area contributed by atoms with Gasteiger partial charge in [0.2, 0.25) is 0 Å². The molecule has 0 bridgehead atoms. The summed E-state index contributed by atoms with van der Waals surface area (Å²) in [6.07, 6.45) is 8.29. The SMILES string of the molecule is CC(=O)CC/C=C(/Cl)CCCCCCO. The molecule has 2 nitrogen and oxygen atoms in total. The summed E-state index contributed by atoms with van der Waals surface area (Å²) in [5, 5.41) is 9.43. The van der Waals surface area contributed by atoms with Crippen LogP contribution in [0, 0.1) is 0 Å². The van der Waals surface area contributed by atoms with Gasteiger partial charge in [0.05, 0.1) is 0 Å². The van der Waals surface area contributed by atoms with Crippen molar-refractivity contribution in [1.82, 2.24) is 0 Å². The molecule has 0 aliphatic carbocycles. The Balaban J connectivity index is 3.38. The van der Waals surface area contributed by atoms with Gasteiger partial charge >= 0.3 is 0 Å². The summed E-state index contributed by atoms with van der Waals surface area (Å²) in [7, 11) is 0. The lowest BCUT2D eigenvalue weighted by molar-refractivity contribution is -0.116.